The molecule has 0 bridgehead atoms. The summed E-state index contributed by atoms with van der Waals surface area (Å²) in [5.41, 5.74) is 2.75. The standard InChI is InChI=1S/C21H21NO2S/c1-2-15-8-10-17(11-9-15)21(24)22-14-18-12-13-19(25-18)20(23)16-6-4-3-5-7-16/h3-13,20,23H,2,14H2,1H3,(H,22,24). The van der Waals surface area contributed by atoms with Crippen LogP contribution >= 0.6 is 11.3 Å². The van der Waals surface area contributed by atoms with Crippen LogP contribution in [0.4, 0.5) is 0 Å². The maximum absolute atomic E-state index is 12.2. The molecule has 128 valence electrons. The first-order chi connectivity index (χ1) is 12.2. The van der Waals surface area contributed by atoms with E-state index in [9.17, 15) is 9.90 Å². The monoisotopic (exact) mass is 351 g/mol. The minimum atomic E-state index is -0.628. The number of carbonyl (C=O) groups excluding carboxylic acids is 1. The molecule has 3 aromatic rings. The first-order valence-electron chi connectivity index (χ1n) is 8.36. The smallest absolute Gasteiger partial charge is 0.251 e. The third-order valence-electron chi connectivity index (χ3n) is 4.11. The Labute approximate surface area is 152 Å². The third kappa shape index (κ3) is 4.35. The Balaban J connectivity index is 1.60. The quantitative estimate of drug-likeness (QED) is 0.695. The van der Waals surface area contributed by atoms with Gasteiger partial charge in [0.05, 0.1) is 6.54 Å². The van der Waals surface area contributed by atoms with Gasteiger partial charge in [0.2, 0.25) is 0 Å². The average Bonchev–Trinajstić information content (AvgIpc) is 3.15. The Morgan fingerprint density at radius 3 is 2.44 bits per heavy atom. The first kappa shape index (κ1) is 17.4. The van der Waals surface area contributed by atoms with E-state index in [1.54, 1.807) is 0 Å². The normalized spacial score (nSPS) is 11.9. The summed E-state index contributed by atoms with van der Waals surface area (Å²) >= 11 is 1.51. The molecule has 0 aliphatic heterocycles. The number of hydrogen-bond donors (Lipinski definition) is 2. The second-order valence-electron chi connectivity index (χ2n) is 5.85. The molecule has 4 heteroatoms. The average molecular weight is 351 g/mol. The van der Waals surface area contributed by atoms with Gasteiger partial charge in [0.1, 0.15) is 6.10 Å². The molecule has 0 radical (unpaired) electrons. The van der Waals surface area contributed by atoms with E-state index >= 15 is 0 Å². The van der Waals surface area contributed by atoms with Crippen LogP contribution in [0.5, 0.6) is 0 Å². The zero-order valence-corrected chi connectivity index (χ0v) is 14.9. The number of carbonyl (C=O) groups is 1. The molecule has 0 saturated heterocycles. The van der Waals surface area contributed by atoms with Crippen molar-refractivity contribution < 1.29 is 9.90 Å². The van der Waals surface area contributed by atoms with Gasteiger partial charge in [-0.25, -0.2) is 0 Å². The molecule has 0 aliphatic carbocycles. The second kappa shape index (κ2) is 8.10. The van der Waals surface area contributed by atoms with Crippen LogP contribution in [0.1, 0.15) is 44.3 Å². The van der Waals surface area contributed by atoms with Crippen molar-refractivity contribution in [1.82, 2.24) is 5.32 Å². The third-order valence-corrected chi connectivity index (χ3v) is 5.25. The van der Waals surface area contributed by atoms with E-state index in [4.69, 9.17) is 0 Å². The minimum absolute atomic E-state index is 0.0822. The number of aliphatic hydroxyl groups excluding tert-OH is 1. The van der Waals surface area contributed by atoms with E-state index in [1.807, 2.05) is 66.7 Å². The van der Waals surface area contributed by atoms with E-state index in [1.165, 1.54) is 16.9 Å². The van der Waals surface area contributed by atoms with Crippen LogP contribution < -0.4 is 5.32 Å². The molecule has 1 aromatic heterocycles. The molecule has 0 aliphatic rings. The molecule has 3 rings (SSSR count). The molecule has 1 unspecified atom stereocenters. The molecule has 1 amide bonds. The number of amides is 1. The second-order valence-corrected chi connectivity index (χ2v) is 7.05. The predicted molar refractivity (Wildman–Crippen MR) is 102 cm³/mol. The minimum Gasteiger partial charge on any atom is -0.383 e. The number of aliphatic hydroxyl groups is 1. The largest absolute Gasteiger partial charge is 0.383 e. The highest BCUT2D eigenvalue weighted by Gasteiger charge is 2.13. The summed E-state index contributed by atoms with van der Waals surface area (Å²) in [6, 6.07) is 21.1. The first-order valence-corrected chi connectivity index (χ1v) is 9.17. The van der Waals surface area contributed by atoms with E-state index < -0.39 is 6.10 Å². The van der Waals surface area contributed by atoms with Crippen molar-refractivity contribution in [3.8, 4) is 0 Å². The zero-order chi connectivity index (χ0) is 17.6. The van der Waals surface area contributed by atoms with Crippen molar-refractivity contribution in [1.29, 1.82) is 0 Å². The van der Waals surface area contributed by atoms with E-state index in [-0.39, 0.29) is 5.91 Å². The SMILES string of the molecule is CCc1ccc(C(=O)NCc2ccc(C(O)c3ccccc3)s2)cc1. The Kier molecular flexibility index (Phi) is 5.64. The molecule has 2 aromatic carbocycles. The van der Waals surface area contributed by atoms with Gasteiger partial charge in [0, 0.05) is 15.3 Å². The molecular weight excluding hydrogens is 330 g/mol. The van der Waals surface area contributed by atoms with Gasteiger partial charge in [-0.3, -0.25) is 4.79 Å². The molecule has 1 atom stereocenters. The van der Waals surface area contributed by atoms with Crippen LogP contribution in [-0.4, -0.2) is 11.0 Å². The maximum atomic E-state index is 12.2. The van der Waals surface area contributed by atoms with Gasteiger partial charge in [-0.2, -0.15) is 0 Å². The van der Waals surface area contributed by atoms with Crippen LogP contribution in [0.25, 0.3) is 0 Å². The van der Waals surface area contributed by atoms with Gasteiger partial charge < -0.3 is 10.4 Å². The van der Waals surface area contributed by atoms with E-state index in [0.717, 1.165) is 21.7 Å². The van der Waals surface area contributed by atoms with Crippen molar-refractivity contribution in [3.63, 3.8) is 0 Å². The molecule has 0 saturated carbocycles. The van der Waals surface area contributed by atoms with Crippen molar-refractivity contribution in [3.05, 3.63) is 93.2 Å². The number of rotatable bonds is 6. The van der Waals surface area contributed by atoms with E-state index in [0.29, 0.717) is 12.1 Å². The molecule has 2 N–H and O–H groups in total. The van der Waals surface area contributed by atoms with Gasteiger partial charge in [-0.15, -0.1) is 11.3 Å². The number of hydrogen-bond acceptors (Lipinski definition) is 3. The summed E-state index contributed by atoms with van der Waals surface area (Å²) in [4.78, 5) is 14.1. The number of benzene rings is 2. The Bertz CT molecular complexity index is 825. The van der Waals surface area contributed by atoms with Crippen molar-refractivity contribution >= 4 is 17.2 Å². The highest BCUT2D eigenvalue weighted by Crippen LogP contribution is 2.28. The molecule has 0 spiro atoms. The zero-order valence-electron chi connectivity index (χ0n) is 14.1. The fourth-order valence-electron chi connectivity index (χ4n) is 2.60. The molecule has 25 heavy (non-hydrogen) atoms. The number of thiophene rings is 1. The van der Waals surface area contributed by atoms with Gasteiger partial charge in [0.15, 0.2) is 0 Å². The lowest BCUT2D eigenvalue weighted by atomic mass is 10.1. The van der Waals surface area contributed by atoms with Gasteiger partial charge in [-0.1, -0.05) is 49.4 Å². The summed E-state index contributed by atoms with van der Waals surface area (Å²) in [6.45, 7) is 2.55. The van der Waals surface area contributed by atoms with Gasteiger partial charge >= 0.3 is 0 Å². The van der Waals surface area contributed by atoms with Crippen molar-refractivity contribution in [2.75, 3.05) is 0 Å². The number of aryl methyl sites for hydroxylation is 1. The summed E-state index contributed by atoms with van der Waals surface area (Å²) in [7, 11) is 0. The lowest BCUT2D eigenvalue weighted by Crippen LogP contribution is -2.22. The summed E-state index contributed by atoms with van der Waals surface area (Å²) < 4.78 is 0. The maximum Gasteiger partial charge on any atom is 0.251 e. The fourth-order valence-corrected chi connectivity index (χ4v) is 3.56. The summed E-state index contributed by atoms with van der Waals surface area (Å²) in [5, 5.41) is 13.4. The van der Waals surface area contributed by atoms with Gasteiger partial charge in [-0.05, 0) is 41.8 Å². The van der Waals surface area contributed by atoms with Crippen LogP contribution in [0, 0.1) is 0 Å². The number of nitrogens with one attached hydrogen (secondary N) is 1. The van der Waals surface area contributed by atoms with E-state index in [2.05, 4.69) is 12.2 Å². The van der Waals surface area contributed by atoms with Crippen LogP contribution in [-0.2, 0) is 13.0 Å². The highest BCUT2D eigenvalue weighted by molar-refractivity contribution is 7.12. The summed E-state index contributed by atoms with van der Waals surface area (Å²) in [6.07, 6.45) is 0.334. The lowest BCUT2D eigenvalue weighted by Gasteiger charge is -2.08. The molecule has 3 nitrogen and oxygen atoms in total. The topological polar surface area (TPSA) is 49.3 Å². The fraction of sp³-hybridized carbons (Fsp3) is 0.190. The van der Waals surface area contributed by atoms with Crippen molar-refractivity contribution in [2.24, 2.45) is 0 Å². The molecule has 1 heterocycles. The predicted octanol–water partition coefficient (Wildman–Crippen LogP) is 4.32. The van der Waals surface area contributed by atoms with Crippen LogP contribution in [0.2, 0.25) is 0 Å². The van der Waals surface area contributed by atoms with Crippen LogP contribution in [0.3, 0.4) is 0 Å². The van der Waals surface area contributed by atoms with Crippen LogP contribution in [0.15, 0.2) is 66.7 Å². The Morgan fingerprint density at radius 2 is 1.76 bits per heavy atom. The molecule has 0 fully saturated rings. The van der Waals surface area contributed by atoms with Crippen molar-refractivity contribution in [2.45, 2.75) is 26.0 Å². The van der Waals surface area contributed by atoms with Gasteiger partial charge in [0.25, 0.3) is 5.91 Å². The highest BCUT2D eigenvalue weighted by atomic mass is 32.1. The Hall–Kier alpha value is -2.43. The lowest BCUT2D eigenvalue weighted by molar-refractivity contribution is 0.0951. The Morgan fingerprint density at radius 1 is 1.04 bits per heavy atom. The molecular formula is C21H21NO2S. The summed E-state index contributed by atoms with van der Waals surface area (Å²) in [5.74, 6) is -0.0822.